The Kier molecular flexibility index (Phi) is 43.1. The molecular formula is C52H84O6. The summed E-state index contributed by atoms with van der Waals surface area (Å²) in [5.41, 5.74) is 0. The lowest BCUT2D eigenvalue weighted by molar-refractivity contribution is -0.167. The van der Waals surface area contributed by atoms with Gasteiger partial charge in [0.1, 0.15) is 13.2 Å². The fourth-order valence-electron chi connectivity index (χ4n) is 5.89. The van der Waals surface area contributed by atoms with Gasteiger partial charge in [-0.05, 0) is 96.3 Å². The van der Waals surface area contributed by atoms with Gasteiger partial charge in [0.05, 0.1) is 0 Å². The van der Waals surface area contributed by atoms with Gasteiger partial charge in [-0.1, -0.05) is 176 Å². The van der Waals surface area contributed by atoms with E-state index in [9.17, 15) is 14.4 Å². The Labute approximate surface area is 356 Å². The topological polar surface area (TPSA) is 78.9 Å². The van der Waals surface area contributed by atoms with E-state index in [4.69, 9.17) is 14.2 Å². The summed E-state index contributed by atoms with van der Waals surface area (Å²) in [5, 5.41) is 0. The second-order valence-electron chi connectivity index (χ2n) is 14.9. The van der Waals surface area contributed by atoms with Crippen LogP contribution in [0.15, 0.2) is 97.2 Å². The highest BCUT2D eigenvalue weighted by molar-refractivity contribution is 5.71. The molecule has 0 rings (SSSR count). The molecule has 6 nitrogen and oxygen atoms in total. The van der Waals surface area contributed by atoms with Gasteiger partial charge in [0, 0.05) is 19.3 Å². The molecule has 0 saturated heterocycles. The number of hydrogen-bond acceptors (Lipinski definition) is 6. The lowest BCUT2D eigenvalue weighted by Gasteiger charge is -2.18. The van der Waals surface area contributed by atoms with Gasteiger partial charge < -0.3 is 14.2 Å². The first-order valence-electron chi connectivity index (χ1n) is 23.2. The number of allylic oxidation sites excluding steroid dienone is 16. The Balaban J connectivity index is 4.36. The number of ether oxygens (including phenoxy) is 3. The smallest absolute Gasteiger partial charge is 0.306 e. The van der Waals surface area contributed by atoms with Gasteiger partial charge in [-0.3, -0.25) is 14.4 Å². The molecule has 0 fully saturated rings. The number of unbranched alkanes of at least 4 members (excludes halogenated alkanes) is 13. The van der Waals surface area contributed by atoms with Crippen LogP contribution in [-0.2, 0) is 28.6 Å². The van der Waals surface area contributed by atoms with Crippen molar-refractivity contribution in [2.24, 2.45) is 0 Å². The predicted octanol–water partition coefficient (Wildman–Crippen LogP) is 15.0. The van der Waals surface area contributed by atoms with Crippen molar-refractivity contribution < 1.29 is 28.6 Å². The molecule has 0 aliphatic rings. The third-order valence-electron chi connectivity index (χ3n) is 9.33. The number of hydrogen-bond donors (Lipinski definition) is 0. The Hall–Kier alpha value is -3.67. The van der Waals surface area contributed by atoms with Gasteiger partial charge in [0.2, 0.25) is 0 Å². The lowest BCUT2D eigenvalue weighted by Crippen LogP contribution is -2.30. The van der Waals surface area contributed by atoms with E-state index in [1.165, 1.54) is 32.1 Å². The maximum absolute atomic E-state index is 12.7. The molecule has 0 bridgehead atoms. The van der Waals surface area contributed by atoms with Crippen molar-refractivity contribution in [2.45, 2.75) is 200 Å². The zero-order valence-corrected chi connectivity index (χ0v) is 37.3. The normalized spacial score (nSPS) is 12.9. The molecule has 0 heterocycles. The SMILES string of the molecule is CC/C=C\C/C=C\C/C=C\C/C=C\CCCCCCCCC(=O)OCC(COC(=O)CCCCCCCC)OC(=O)CCCC/C=C\C/C=C\C/C=C\C/C=C\CC. The average molecular weight is 805 g/mol. The summed E-state index contributed by atoms with van der Waals surface area (Å²) in [7, 11) is 0. The highest BCUT2D eigenvalue weighted by Gasteiger charge is 2.19. The van der Waals surface area contributed by atoms with Crippen LogP contribution in [0.2, 0.25) is 0 Å². The second-order valence-corrected chi connectivity index (χ2v) is 14.9. The summed E-state index contributed by atoms with van der Waals surface area (Å²) >= 11 is 0. The maximum atomic E-state index is 12.7. The minimum Gasteiger partial charge on any atom is -0.462 e. The fraction of sp³-hybridized carbons (Fsp3) is 0.635. The van der Waals surface area contributed by atoms with E-state index in [0.717, 1.165) is 116 Å². The van der Waals surface area contributed by atoms with Crippen LogP contribution in [0.4, 0.5) is 0 Å². The second kappa shape index (κ2) is 46.0. The van der Waals surface area contributed by atoms with Crippen LogP contribution in [0, 0.1) is 0 Å². The molecule has 0 spiro atoms. The maximum Gasteiger partial charge on any atom is 0.306 e. The van der Waals surface area contributed by atoms with E-state index in [0.29, 0.717) is 19.3 Å². The van der Waals surface area contributed by atoms with Gasteiger partial charge in [-0.15, -0.1) is 0 Å². The average Bonchev–Trinajstić information content (AvgIpc) is 3.22. The Morgan fingerprint density at radius 2 is 0.672 bits per heavy atom. The molecule has 58 heavy (non-hydrogen) atoms. The van der Waals surface area contributed by atoms with Crippen LogP contribution in [-0.4, -0.2) is 37.2 Å². The highest BCUT2D eigenvalue weighted by Crippen LogP contribution is 2.12. The molecular weight excluding hydrogens is 721 g/mol. The summed E-state index contributed by atoms with van der Waals surface area (Å²) in [4.78, 5) is 37.6. The first-order chi connectivity index (χ1) is 28.5. The quantitative estimate of drug-likeness (QED) is 0.0266. The number of carbonyl (C=O) groups excluding carboxylic acids is 3. The minimum absolute atomic E-state index is 0.101. The lowest BCUT2D eigenvalue weighted by atomic mass is 10.1. The largest absolute Gasteiger partial charge is 0.462 e. The first-order valence-corrected chi connectivity index (χ1v) is 23.2. The van der Waals surface area contributed by atoms with Crippen LogP contribution in [0.5, 0.6) is 0 Å². The predicted molar refractivity (Wildman–Crippen MR) is 247 cm³/mol. The number of rotatable bonds is 40. The summed E-state index contributed by atoms with van der Waals surface area (Å²) < 4.78 is 16.6. The third-order valence-corrected chi connectivity index (χ3v) is 9.33. The van der Waals surface area contributed by atoms with E-state index in [1.54, 1.807) is 0 Å². The van der Waals surface area contributed by atoms with Gasteiger partial charge in [0.25, 0.3) is 0 Å². The number of esters is 3. The van der Waals surface area contributed by atoms with Crippen LogP contribution >= 0.6 is 0 Å². The molecule has 0 amide bonds. The van der Waals surface area contributed by atoms with Gasteiger partial charge in [-0.25, -0.2) is 0 Å². The van der Waals surface area contributed by atoms with Gasteiger partial charge >= 0.3 is 17.9 Å². The molecule has 0 aromatic rings. The summed E-state index contributed by atoms with van der Waals surface area (Å²) in [6.07, 6.45) is 59.8. The van der Waals surface area contributed by atoms with E-state index in [-0.39, 0.29) is 37.5 Å². The van der Waals surface area contributed by atoms with Crippen molar-refractivity contribution in [3.05, 3.63) is 97.2 Å². The van der Waals surface area contributed by atoms with Crippen LogP contribution in [0.25, 0.3) is 0 Å². The highest BCUT2D eigenvalue weighted by atomic mass is 16.6. The van der Waals surface area contributed by atoms with Crippen molar-refractivity contribution in [3.8, 4) is 0 Å². The summed E-state index contributed by atoms with van der Waals surface area (Å²) in [6.45, 7) is 6.27. The van der Waals surface area contributed by atoms with Crippen molar-refractivity contribution >= 4 is 17.9 Å². The Bertz CT molecular complexity index is 1200. The third kappa shape index (κ3) is 43.5. The number of carbonyl (C=O) groups is 3. The molecule has 0 saturated carbocycles. The zero-order valence-electron chi connectivity index (χ0n) is 37.3. The minimum atomic E-state index is -0.801. The monoisotopic (exact) mass is 805 g/mol. The van der Waals surface area contributed by atoms with Crippen LogP contribution < -0.4 is 0 Å². The molecule has 1 atom stereocenters. The standard InChI is InChI=1S/C52H84O6/c1-4-7-10-13-16-18-20-22-24-25-26-27-29-30-32-34-36-39-42-45-51(54)57-48-49(47-56-50(53)44-41-38-15-12-9-6-3)58-52(55)46-43-40-37-35-33-31-28-23-21-19-17-14-11-8-5-2/h7-8,10-11,16-19,22-24,26-28,33,35,49H,4-6,9,12-15,20-21,25,29-32,34,36-48H2,1-3H3/b10-7-,11-8-,18-16-,19-17-,24-22-,27-26-,28-23-,35-33-. The molecule has 0 aromatic heterocycles. The van der Waals surface area contributed by atoms with Crippen molar-refractivity contribution in [2.75, 3.05) is 13.2 Å². The van der Waals surface area contributed by atoms with Crippen LogP contribution in [0.3, 0.4) is 0 Å². The van der Waals surface area contributed by atoms with E-state index in [2.05, 4.69) is 118 Å². The van der Waals surface area contributed by atoms with Gasteiger partial charge in [-0.2, -0.15) is 0 Å². The Morgan fingerprint density at radius 3 is 1.09 bits per heavy atom. The van der Waals surface area contributed by atoms with Crippen molar-refractivity contribution in [3.63, 3.8) is 0 Å². The van der Waals surface area contributed by atoms with Crippen molar-refractivity contribution in [1.82, 2.24) is 0 Å². The summed E-state index contributed by atoms with van der Waals surface area (Å²) in [5.74, 6) is -0.976. The van der Waals surface area contributed by atoms with E-state index >= 15 is 0 Å². The molecule has 0 aromatic carbocycles. The molecule has 1 unspecified atom stereocenters. The zero-order chi connectivity index (χ0) is 42.3. The van der Waals surface area contributed by atoms with Crippen LogP contribution in [0.1, 0.15) is 194 Å². The van der Waals surface area contributed by atoms with Crippen molar-refractivity contribution in [1.29, 1.82) is 0 Å². The molecule has 0 aliphatic carbocycles. The van der Waals surface area contributed by atoms with E-state index < -0.39 is 6.10 Å². The van der Waals surface area contributed by atoms with E-state index in [1.807, 2.05) is 0 Å². The molecule has 0 N–H and O–H groups in total. The van der Waals surface area contributed by atoms with Gasteiger partial charge in [0.15, 0.2) is 6.10 Å². The summed E-state index contributed by atoms with van der Waals surface area (Å²) in [6, 6.07) is 0. The first kappa shape index (κ1) is 54.3. The molecule has 6 heteroatoms. The molecule has 328 valence electrons. The Morgan fingerprint density at radius 1 is 0.362 bits per heavy atom. The molecule has 0 radical (unpaired) electrons. The molecule has 0 aliphatic heterocycles. The fourth-order valence-corrected chi connectivity index (χ4v) is 5.89.